The van der Waals surface area contributed by atoms with Gasteiger partial charge in [0.2, 0.25) is 17.4 Å². The summed E-state index contributed by atoms with van der Waals surface area (Å²) in [5, 5.41) is 14.5. The number of fused-ring (bicyclic) bond motifs is 1. The van der Waals surface area contributed by atoms with Gasteiger partial charge >= 0.3 is 12.1 Å². The van der Waals surface area contributed by atoms with Gasteiger partial charge in [-0.25, -0.2) is 0 Å². The minimum atomic E-state index is -5.17. The lowest BCUT2D eigenvalue weighted by Gasteiger charge is -2.34. The van der Waals surface area contributed by atoms with Crippen LogP contribution in [0.4, 0.5) is 13.2 Å². The molecule has 0 bridgehead atoms. The highest BCUT2D eigenvalue weighted by molar-refractivity contribution is 5.94. The van der Waals surface area contributed by atoms with Gasteiger partial charge in [-0.05, 0) is 36.8 Å². The molecule has 41 heavy (non-hydrogen) atoms. The van der Waals surface area contributed by atoms with E-state index in [1.54, 1.807) is 18.3 Å². The standard InChI is InChI=1S/C27H31F3N6O5/c1-35(22(37)18(9-15-4-5-15)34-25(40)27(28,29)30)20(10-16-6-7-16)23(38)36-14-26(11-17(36)12-31)24(39)33-13-19-21(41-26)3-2-8-32-19/h2-3,8,15-18,20H,4-7,9-11,13-14H2,1H3,(H,33,39)(H,34,40)/t17-,18?,20?,26+/m0/s1. The van der Waals surface area contributed by atoms with Gasteiger partial charge < -0.3 is 25.2 Å². The van der Waals surface area contributed by atoms with E-state index < -0.39 is 53.5 Å². The molecular weight excluding hydrogens is 545 g/mol. The SMILES string of the molecule is CN(C(=O)C(CC1CC1)NC(=O)C(F)(F)F)C(CC1CC1)C(=O)N1C[C@@]2(C[C@H]1C#N)Oc1cccnc1CNC2=O. The normalized spacial score (nSPS) is 25.2. The van der Waals surface area contributed by atoms with Gasteiger partial charge in [-0.2, -0.15) is 18.4 Å². The lowest BCUT2D eigenvalue weighted by molar-refractivity contribution is -0.175. The van der Waals surface area contributed by atoms with E-state index in [0.29, 0.717) is 11.4 Å². The van der Waals surface area contributed by atoms with E-state index in [-0.39, 0.29) is 44.2 Å². The number of alkyl halides is 3. The molecule has 4 atom stereocenters. The number of nitrogens with one attached hydrogen (secondary N) is 2. The van der Waals surface area contributed by atoms with Crippen molar-refractivity contribution >= 4 is 23.6 Å². The molecule has 11 nitrogen and oxygen atoms in total. The Hall–Kier alpha value is -3.89. The largest absolute Gasteiger partial charge is 0.473 e. The fourth-order valence-corrected chi connectivity index (χ4v) is 5.52. The molecule has 1 saturated heterocycles. The van der Waals surface area contributed by atoms with Crippen LogP contribution in [0.5, 0.6) is 5.75 Å². The topological polar surface area (TPSA) is 145 Å². The summed E-state index contributed by atoms with van der Waals surface area (Å²) in [7, 11) is 1.33. The smallest absolute Gasteiger partial charge is 0.471 e. The second-order valence-corrected chi connectivity index (χ2v) is 11.4. The predicted molar refractivity (Wildman–Crippen MR) is 134 cm³/mol. The molecule has 2 saturated carbocycles. The Bertz CT molecular complexity index is 1280. The van der Waals surface area contributed by atoms with Gasteiger partial charge in [0.15, 0.2) is 0 Å². The summed E-state index contributed by atoms with van der Waals surface area (Å²) in [4.78, 5) is 59.0. The molecule has 2 unspecified atom stereocenters. The average molecular weight is 577 g/mol. The van der Waals surface area contributed by atoms with Crippen molar-refractivity contribution in [2.45, 2.75) is 81.4 Å². The predicted octanol–water partition coefficient (Wildman–Crippen LogP) is 1.43. The number of aromatic nitrogens is 1. The Balaban J connectivity index is 1.39. The van der Waals surface area contributed by atoms with Crippen LogP contribution in [0.25, 0.3) is 0 Å². The van der Waals surface area contributed by atoms with Crippen LogP contribution in [-0.2, 0) is 25.7 Å². The number of carbonyl (C=O) groups excluding carboxylic acids is 4. The zero-order chi connectivity index (χ0) is 29.5. The third-order valence-electron chi connectivity index (χ3n) is 8.22. The van der Waals surface area contributed by atoms with Crippen molar-refractivity contribution in [1.82, 2.24) is 25.4 Å². The number of hydrogen-bond acceptors (Lipinski definition) is 7. The van der Waals surface area contributed by atoms with E-state index in [4.69, 9.17) is 4.74 Å². The van der Waals surface area contributed by atoms with Crippen LogP contribution in [0, 0.1) is 23.2 Å². The lowest BCUT2D eigenvalue weighted by atomic mass is 9.99. The molecule has 220 valence electrons. The van der Waals surface area contributed by atoms with Crippen LogP contribution < -0.4 is 15.4 Å². The van der Waals surface area contributed by atoms with E-state index >= 15 is 0 Å². The van der Waals surface area contributed by atoms with Gasteiger partial charge in [0.05, 0.1) is 19.2 Å². The maximum Gasteiger partial charge on any atom is 0.471 e. The Morgan fingerprint density at radius 3 is 2.59 bits per heavy atom. The summed E-state index contributed by atoms with van der Waals surface area (Å²) in [5.74, 6) is -3.65. The first-order chi connectivity index (χ1) is 19.4. The summed E-state index contributed by atoms with van der Waals surface area (Å²) in [6.07, 6.45) is -0.336. The first-order valence-corrected chi connectivity index (χ1v) is 13.7. The first-order valence-electron chi connectivity index (χ1n) is 13.7. The van der Waals surface area contributed by atoms with Crippen LogP contribution >= 0.6 is 0 Å². The third-order valence-corrected chi connectivity index (χ3v) is 8.22. The number of carbonyl (C=O) groups is 4. The minimum Gasteiger partial charge on any atom is -0.473 e. The molecule has 2 aliphatic heterocycles. The third kappa shape index (κ3) is 6.08. The molecule has 3 fully saturated rings. The Morgan fingerprint density at radius 2 is 1.95 bits per heavy atom. The number of nitrogens with zero attached hydrogens (tertiary/aromatic N) is 4. The van der Waals surface area contributed by atoms with E-state index in [1.807, 2.05) is 5.32 Å². The zero-order valence-corrected chi connectivity index (χ0v) is 22.4. The van der Waals surface area contributed by atoms with Gasteiger partial charge in [-0.1, -0.05) is 25.7 Å². The highest BCUT2D eigenvalue weighted by Crippen LogP contribution is 2.39. The Kier molecular flexibility index (Phi) is 7.56. The average Bonchev–Trinajstić information content (AvgIpc) is 3.87. The Morgan fingerprint density at radius 1 is 1.27 bits per heavy atom. The summed E-state index contributed by atoms with van der Waals surface area (Å²) in [6.45, 7) is -0.154. The Labute approximate surface area is 234 Å². The molecule has 0 radical (unpaired) electrons. The molecule has 4 amide bonds. The maximum absolute atomic E-state index is 14.0. The van der Waals surface area contributed by atoms with E-state index in [2.05, 4.69) is 16.4 Å². The second kappa shape index (κ2) is 10.8. The molecule has 5 rings (SSSR count). The number of halogens is 3. The van der Waals surface area contributed by atoms with Crippen molar-refractivity contribution < 1.29 is 37.1 Å². The molecule has 4 aliphatic rings. The number of hydrogen-bond donors (Lipinski definition) is 2. The molecule has 1 aromatic heterocycles. The highest BCUT2D eigenvalue weighted by atomic mass is 19.4. The lowest BCUT2D eigenvalue weighted by Crippen LogP contribution is -2.58. The minimum absolute atomic E-state index is 0.00754. The quantitative estimate of drug-likeness (QED) is 0.476. The molecule has 2 N–H and O–H groups in total. The van der Waals surface area contributed by atoms with Gasteiger partial charge in [-0.3, -0.25) is 24.2 Å². The highest BCUT2D eigenvalue weighted by Gasteiger charge is 2.56. The van der Waals surface area contributed by atoms with Crippen molar-refractivity contribution in [3.63, 3.8) is 0 Å². The van der Waals surface area contributed by atoms with Crippen molar-refractivity contribution in [3.05, 3.63) is 24.0 Å². The monoisotopic (exact) mass is 576 g/mol. The van der Waals surface area contributed by atoms with Gasteiger partial charge in [-0.15, -0.1) is 0 Å². The molecule has 3 heterocycles. The summed E-state index contributed by atoms with van der Waals surface area (Å²) in [6, 6.07) is 1.75. The van der Waals surface area contributed by atoms with Gasteiger partial charge in [0, 0.05) is 19.7 Å². The summed E-state index contributed by atoms with van der Waals surface area (Å²) in [5.41, 5.74) is -1.07. The van der Waals surface area contributed by atoms with Crippen molar-refractivity contribution in [3.8, 4) is 11.8 Å². The number of nitriles is 1. The molecular formula is C27H31F3N6O5. The number of likely N-dealkylation sites (tertiary alicyclic amines) is 1. The van der Waals surface area contributed by atoms with Crippen LogP contribution in [0.1, 0.15) is 50.6 Å². The van der Waals surface area contributed by atoms with Gasteiger partial charge in [0.1, 0.15) is 29.6 Å². The van der Waals surface area contributed by atoms with Crippen LogP contribution in [-0.4, -0.2) is 81.9 Å². The van der Waals surface area contributed by atoms with Crippen LogP contribution in [0.2, 0.25) is 0 Å². The number of likely N-dealkylation sites (N-methyl/N-ethyl adjacent to an activating group) is 1. The number of pyridine rings is 1. The van der Waals surface area contributed by atoms with Crippen LogP contribution in [0.15, 0.2) is 18.3 Å². The number of ether oxygens (including phenoxy) is 1. The summed E-state index contributed by atoms with van der Waals surface area (Å²) >= 11 is 0. The van der Waals surface area contributed by atoms with E-state index in [1.165, 1.54) is 11.9 Å². The fourth-order valence-electron chi connectivity index (χ4n) is 5.52. The zero-order valence-electron chi connectivity index (χ0n) is 22.4. The van der Waals surface area contributed by atoms with Crippen LogP contribution in [0.3, 0.4) is 0 Å². The fraction of sp³-hybridized carbons (Fsp3) is 0.630. The number of amides is 4. The molecule has 2 aliphatic carbocycles. The second-order valence-electron chi connectivity index (χ2n) is 11.4. The van der Waals surface area contributed by atoms with Crippen molar-refractivity contribution in [1.29, 1.82) is 5.26 Å². The molecule has 1 spiro atoms. The molecule has 0 aromatic carbocycles. The van der Waals surface area contributed by atoms with Crippen molar-refractivity contribution in [2.75, 3.05) is 13.6 Å². The van der Waals surface area contributed by atoms with Gasteiger partial charge in [0.25, 0.3) is 5.91 Å². The maximum atomic E-state index is 14.0. The van der Waals surface area contributed by atoms with Crippen molar-refractivity contribution in [2.24, 2.45) is 11.8 Å². The number of rotatable bonds is 8. The first kappa shape index (κ1) is 28.6. The van der Waals surface area contributed by atoms with E-state index in [9.17, 15) is 37.6 Å². The van der Waals surface area contributed by atoms with E-state index in [0.717, 1.165) is 30.6 Å². The summed E-state index contributed by atoms with van der Waals surface area (Å²) < 4.78 is 45.2. The molecule has 14 heteroatoms. The molecule has 1 aromatic rings.